The summed E-state index contributed by atoms with van der Waals surface area (Å²) in [7, 11) is 3.48. The zero-order valence-corrected chi connectivity index (χ0v) is 11.5. The molecule has 1 N–H and O–H groups in total. The number of carboxylic acid groups (broad SMARTS) is 1. The van der Waals surface area contributed by atoms with Crippen LogP contribution < -0.4 is 0 Å². The molecule has 0 saturated heterocycles. The summed E-state index contributed by atoms with van der Waals surface area (Å²) in [4.78, 5) is 24.7. The minimum absolute atomic E-state index is 0.0218. The first-order valence-electron chi connectivity index (χ1n) is 6.46. The van der Waals surface area contributed by atoms with E-state index in [2.05, 4.69) is 5.10 Å². The third kappa shape index (κ3) is 2.47. The molecule has 1 amide bonds. The van der Waals surface area contributed by atoms with Gasteiger partial charge in [-0.25, -0.2) is 0 Å². The number of carbonyl (C=O) groups is 2. The van der Waals surface area contributed by atoms with Crippen molar-refractivity contribution < 1.29 is 14.7 Å². The summed E-state index contributed by atoms with van der Waals surface area (Å²) >= 11 is 0. The maximum Gasteiger partial charge on any atom is 0.306 e. The molecule has 1 saturated carbocycles. The Labute approximate surface area is 112 Å². The average molecular weight is 265 g/mol. The smallest absolute Gasteiger partial charge is 0.306 e. The Bertz CT molecular complexity index is 503. The molecule has 1 aromatic heterocycles. The Morgan fingerprint density at radius 3 is 2.63 bits per heavy atom. The molecular weight excluding hydrogens is 246 g/mol. The first-order chi connectivity index (χ1) is 8.93. The molecule has 1 fully saturated rings. The van der Waals surface area contributed by atoms with Crippen molar-refractivity contribution in [3.8, 4) is 0 Å². The fourth-order valence-electron chi connectivity index (χ4n) is 2.35. The molecule has 0 aliphatic heterocycles. The minimum atomic E-state index is -0.772. The Balaban J connectivity index is 2.03. The predicted molar refractivity (Wildman–Crippen MR) is 68.8 cm³/mol. The van der Waals surface area contributed by atoms with E-state index in [-0.39, 0.29) is 17.9 Å². The topological polar surface area (TPSA) is 75.4 Å². The molecule has 0 bridgehead atoms. The fourth-order valence-corrected chi connectivity index (χ4v) is 2.35. The number of aliphatic carboxylic acids is 1. The van der Waals surface area contributed by atoms with Gasteiger partial charge in [0.05, 0.1) is 11.6 Å². The number of nitrogens with zero attached hydrogens (tertiary/aromatic N) is 3. The Morgan fingerprint density at radius 2 is 2.16 bits per heavy atom. The fraction of sp³-hybridized carbons (Fsp3) is 0.615. The molecule has 1 aliphatic carbocycles. The van der Waals surface area contributed by atoms with Crippen LogP contribution in [0, 0.1) is 5.92 Å². The molecule has 104 valence electrons. The van der Waals surface area contributed by atoms with Crippen LogP contribution >= 0.6 is 0 Å². The van der Waals surface area contributed by atoms with Crippen molar-refractivity contribution in [1.82, 2.24) is 14.7 Å². The number of amides is 1. The quantitative estimate of drug-likeness (QED) is 0.878. The molecule has 0 unspecified atom stereocenters. The van der Waals surface area contributed by atoms with Crippen LogP contribution in [0.1, 0.15) is 35.9 Å². The Morgan fingerprint density at radius 1 is 1.53 bits per heavy atom. The van der Waals surface area contributed by atoms with Crippen molar-refractivity contribution in [3.05, 3.63) is 17.5 Å². The van der Waals surface area contributed by atoms with Gasteiger partial charge in [-0.3, -0.25) is 14.3 Å². The van der Waals surface area contributed by atoms with Crippen LogP contribution in [0.2, 0.25) is 0 Å². The van der Waals surface area contributed by atoms with Crippen LogP contribution in [-0.4, -0.2) is 44.8 Å². The number of aromatic nitrogens is 2. The number of aryl methyl sites for hydroxylation is 2. The largest absolute Gasteiger partial charge is 0.481 e. The van der Waals surface area contributed by atoms with E-state index in [1.807, 2.05) is 6.92 Å². The lowest BCUT2D eigenvalue weighted by Crippen LogP contribution is -2.48. The second-order valence-corrected chi connectivity index (χ2v) is 5.07. The summed E-state index contributed by atoms with van der Waals surface area (Å²) < 4.78 is 1.59. The van der Waals surface area contributed by atoms with Crippen LogP contribution in [0.15, 0.2) is 6.07 Å². The molecule has 0 spiro atoms. The maximum atomic E-state index is 12.3. The summed E-state index contributed by atoms with van der Waals surface area (Å²) in [5.41, 5.74) is 1.44. The molecule has 1 aliphatic rings. The van der Waals surface area contributed by atoms with Gasteiger partial charge in [0.15, 0.2) is 0 Å². The van der Waals surface area contributed by atoms with E-state index < -0.39 is 5.97 Å². The van der Waals surface area contributed by atoms with Crippen molar-refractivity contribution in [2.24, 2.45) is 13.0 Å². The molecule has 0 aromatic carbocycles. The van der Waals surface area contributed by atoms with Gasteiger partial charge in [0.2, 0.25) is 0 Å². The monoisotopic (exact) mass is 265 g/mol. The van der Waals surface area contributed by atoms with Crippen LogP contribution in [0.5, 0.6) is 0 Å². The van der Waals surface area contributed by atoms with Gasteiger partial charge in [-0.05, 0) is 25.3 Å². The standard InChI is InChI=1S/C13H19N3O3/c1-4-9-7-11(16(3)14-9)12(17)15(2)10-5-8(6-10)13(18)19/h7-8,10H,4-6H2,1-3H3,(H,18,19). The zero-order valence-electron chi connectivity index (χ0n) is 11.5. The average Bonchev–Trinajstić information content (AvgIpc) is 2.67. The van der Waals surface area contributed by atoms with Crippen molar-refractivity contribution in [2.45, 2.75) is 32.2 Å². The summed E-state index contributed by atoms with van der Waals surface area (Å²) in [5, 5.41) is 13.1. The number of carbonyl (C=O) groups excluding carboxylic acids is 1. The number of hydrogen-bond acceptors (Lipinski definition) is 3. The Kier molecular flexibility index (Phi) is 3.59. The lowest BCUT2D eigenvalue weighted by molar-refractivity contribution is -0.146. The van der Waals surface area contributed by atoms with E-state index >= 15 is 0 Å². The SMILES string of the molecule is CCc1cc(C(=O)N(C)C2CC(C(=O)O)C2)n(C)n1. The second kappa shape index (κ2) is 5.03. The van der Waals surface area contributed by atoms with E-state index in [1.54, 1.807) is 29.7 Å². The summed E-state index contributed by atoms with van der Waals surface area (Å²) in [6.45, 7) is 1.99. The van der Waals surface area contributed by atoms with E-state index in [0.29, 0.717) is 18.5 Å². The van der Waals surface area contributed by atoms with Gasteiger partial charge in [-0.15, -0.1) is 0 Å². The summed E-state index contributed by atoms with van der Waals surface area (Å²) in [6.07, 6.45) is 1.86. The third-order valence-electron chi connectivity index (χ3n) is 3.84. The normalized spacial score (nSPS) is 21.8. The van der Waals surface area contributed by atoms with Gasteiger partial charge < -0.3 is 10.0 Å². The van der Waals surface area contributed by atoms with Gasteiger partial charge in [-0.1, -0.05) is 6.92 Å². The van der Waals surface area contributed by atoms with Gasteiger partial charge in [-0.2, -0.15) is 5.10 Å². The minimum Gasteiger partial charge on any atom is -0.481 e. The van der Waals surface area contributed by atoms with Gasteiger partial charge in [0, 0.05) is 20.1 Å². The molecule has 6 nitrogen and oxygen atoms in total. The Hall–Kier alpha value is -1.85. The highest BCUT2D eigenvalue weighted by molar-refractivity contribution is 5.93. The predicted octanol–water partition coefficient (Wildman–Crippen LogP) is 0.918. The third-order valence-corrected chi connectivity index (χ3v) is 3.84. The van der Waals surface area contributed by atoms with Crippen molar-refractivity contribution in [3.63, 3.8) is 0 Å². The van der Waals surface area contributed by atoms with E-state index in [1.165, 1.54) is 0 Å². The first kappa shape index (κ1) is 13.6. The van der Waals surface area contributed by atoms with Crippen LogP contribution in [0.4, 0.5) is 0 Å². The van der Waals surface area contributed by atoms with Crippen LogP contribution in [0.3, 0.4) is 0 Å². The van der Waals surface area contributed by atoms with E-state index in [9.17, 15) is 9.59 Å². The highest BCUT2D eigenvalue weighted by Crippen LogP contribution is 2.31. The zero-order chi connectivity index (χ0) is 14.2. The lowest BCUT2D eigenvalue weighted by Gasteiger charge is -2.38. The van der Waals surface area contributed by atoms with Crippen molar-refractivity contribution in [2.75, 3.05) is 7.05 Å². The maximum absolute atomic E-state index is 12.3. The second-order valence-electron chi connectivity index (χ2n) is 5.07. The highest BCUT2D eigenvalue weighted by Gasteiger charge is 2.39. The number of carboxylic acids is 1. The highest BCUT2D eigenvalue weighted by atomic mass is 16.4. The molecule has 6 heteroatoms. The lowest BCUT2D eigenvalue weighted by atomic mass is 9.79. The molecule has 2 rings (SSSR count). The number of rotatable bonds is 4. The van der Waals surface area contributed by atoms with E-state index in [4.69, 9.17) is 5.11 Å². The van der Waals surface area contributed by atoms with Gasteiger partial charge in [0.25, 0.3) is 5.91 Å². The molecule has 19 heavy (non-hydrogen) atoms. The summed E-state index contributed by atoms with van der Waals surface area (Å²) in [6, 6.07) is 1.82. The molecule has 1 aromatic rings. The molecule has 0 atom stereocenters. The van der Waals surface area contributed by atoms with E-state index in [0.717, 1.165) is 12.1 Å². The van der Waals surface area contributed by atoms with Crippen LogP contribution in [0.25, 0.3) is 0 Å². The first-order valence-corrected chi connectivity index (χ1v) is 6.46. The number of hydrogen-bond donors (Lipinski definition) is 1. The van der Waals surface area contributed by atoms with Crippen LogP contribution in [-0.2, 0) is 18.3 Å². The molecule has 1 heterocycles. The van der Waals surface area contributed by atoms with Gasteiger partial charge >= 0.3 is 5.97 Å². The molecular formula is C13H19N3O3. The van der Waals surface area contributed by atoms with Crippen molar-refractivity contribution in [1.29, 1.82) is 0 Å². The molecule has 0 radical (unpaired) electrons. The summed E-state index contributed by atoms with van der Waals surface area (Å²) in [5.74, 6) is -1.17. The van der Waals surface area contributed by atoms with Crippen molar-refractivity contribution >= 4 is 11.9 Å². The van der Waals surface area contributed by atoms with Gasteiger partial charge in [0.1, 0.15) is 5.69 Å².